The molecular weight excluding hydrogens is 268 g/mol. The summed E-state index contributed by atoms with van der Waals surface area (Å²) >= 11 is 0. The van der Waals surface area contributed by atoms with Gasteiger partial charge in [0.2, 0.25) is 0 Å². The maximum Gasteiger partial charge on any atom is 0.160 e. The first-order valence-electron chi connectivity index (χ1n) is 7.57. The average Bonchev–Trinajstić information content (AvgIpc) is 2.46. The van der Waals surface area contributed by atoms with Gasteiger partial charge < -0.3 is 14.6 Å². The number of ether oxygens (including phenoxy) is 2. The lowest BCUT2D eigenvalue weighted by atomic mass is 9.94. The summed E-state index contributed by atoms with van der Waals surface area (Å²) in [5.41, 5.74) is 0.996. The molecule has 1 N–H and O–H groups in total. The number of rotatable bonds is 6. The minimum absolute atomic E-state index is 0.0932. The minimum Gasteiger partial charge on any atom is -0.504 e. The van der Waals surface area contributed by atoms with Gasteiger partial charge in [-0.25, -0.2) is 0 Å². The highest BCUT2D eigenvalue weighted by atomic mass is 16.5. The Balaban J connectivity index is 1.81. The Hall–Kier alpha value is -1.55. The Kier molecular flexibility index (Phi) is 5.62. The van der Waals surface area contributed by atoms with Gasteiger partial charge >= 0.3 is 0 Å². The van der Waals surface area contributed by atoms with Crippen LogP contribution in [0, 0.1) is 5.92 Å². The number of carbonyl (C=O) groups is 1. The highest BCUT2D eigenvalue weighted by Gasteiger charge is 2.21. The van der Waals surface area contributed by atoms with Crippen LogP contribution in [-0.2, 0) is 16.0 Å². The Morgan fingerprint density at radius 1 is 1.48 bits per heavy atom. The fourth-order valence-electron chi connectivity index (χ4n) is 2.73. The van der Waals surface area contributed by atoms with Gasteiger partial charge in [-0.05, 0) is 42.9 Å². The highest BCUT2D eigenvalue weighted by molar-refractivity contribution is 5.79. The van der Waals surface area contributed by atoms with E-state index in [1.807, 2.05) is 6.07 Å². The smallest absolute Gasteiger partial charge is 0.160 e. The van der Waals surface area contributed by atoms with E-state index in [-0.39, 0.29) is 17.6 Å². The van der Waals surface area contributed by atoms with E-state index in [0.717, 1.165) is 25.0 Å². The zero-order chi connectivity index (χ0) is 15.2. The molecule has 0 amide bonds. The van der Waals surface area contributed by atoms with E-state index in [4.69, 9.17) is 9.47 Å². The predicted octanol–water partition coefficient (Wildman–Crippen LogP) is 3.11. The molecule has 0 aliphatic carbocycles. The van der Waals surface area contributed by atoms with Crippen LogP contribution < -0.4 is 4.74 Å². The van der Waals surface area contributed by atoms with Crippen LogP contribution in [0.25, 0.3) is 0 Å². The fraction of sp³-hybridized carbons (Fsp3) is 0.588. The molecular formula is C17H24O4. The number of methoxy groups -OCH3 is 1. The molecule has 21 heavy (non-hydrogen) atoms. The van der Waals surface area contributed by atoms with Gasteiger partial charge in [-0.15, -0.1) is 0 Å². The lowest BCUT2D eigenvalue weighted by molar-refractivity contribution is -0.123. The van der Waals surface area contributed by atoms with Gasteiger partial charge in [0.25, 0.3) is 0 Å². The van der Waals surface area contributed by atoms with E-state index in [9.17, 15) is 9.90 Å². The second-order valence-corrected chi connectivity index (χ2v) is 5.87. The zero-order valence-corrected chi connectivity index (χ0v) is 12.8. The predicted molar refractivity (Wildman–Crippen MR) is 80.7 cm³/mol. The molecule has 1 heterocycles. The van der Waals surface area contributed by atoms with Crippen molar-refractivity contribution >= 4 is 5.78 Å². The molecule has 0 radical (unpaired) electrons. The van der Waals surface area contributed by atoms with Crippen LogP contribution in [0.2, 0.25) is 0 Å². The summed E-state index contributed by atoms with van der Waals surface area (Å²) in [5, 5.41) is 9.55. The first-order valence-corrected chi connectivity index (χ1v) is 7.57. The van der Waals surface area contributed by atoms with Crippen molar-refractivity contribution in [1.82, 2.24) is 0 Å². The van der Waals surface area contributed by atoms with Crippen LogP contribution in [0.15, 0.2) is 18.2 Å². The number of benzene rings is 1. The summed E-state index contributed by atoms with van der Waals surface area (Å²) < 4.78 is 10.7. The standard InChI is InChI=1S/C17H24O4/c1-12-7-8-21-15(9-12)11-14(18)5-3-13-4-6-16(19)17(10-13)20-2/h4,6,10,12,15,19H,3,5,7-9,11H2,1-2H3/t12-,15+/m0/s1. The maximum absolute atomic E-state index is 12.1. The Morgan fingerprint density at radius 3 is 3.00 bits per heavy atom. The van der Waals surface area contributed by atoms with E-state index in [0.29, 0.717) is 30.9 Å². The number of hydrogen-bond donors (Lipinski definition) is 1. The normalized spacial score (nSPS) is 22.0. The van der Waals surface area contributed by atoms with Crippen LogP contribution in [0.4, 0.5) is 0 Å². The van der Waals surface area contributed by atoms with Gasteiger partial charge in [-0.3, -0.25) is 4.79 Å². The molecule has 2 rings (SSSR count). The fourth-order valence-corrected chi connectivity index (χ4v) is 2.73. The summed E-state index contributed by atoms with van der Waals surface area (Å²) in [4.78, 5) is 12.1. The van der Waals surface area contributed by atoms with Crippen LogP contribution in [0.1, 0.15) is 38.2 Å². The van der Waals surface area contributed by atoms with Gasteiger partial charge in [0.05, 0.1) is 13.2 Å². The number of aryl methyl sites for hydroxylation is 1. The quantitative estimate of drug-likeness (QED) is 0.875. The Labute approximate surface area is 126 Å². The molecule has 0 bridgehead atoms. The Bertz CT molecular complexity index is 484. The summed E-state index contributed by atoms with van der Waals surface area (Å²) in [6.45, 7) is 2.98. The molecule has 4 heteroatoms. The number of phenolic OH excluding ortho intramolecular Hbond substituents is 1. The summed E-state index contributed by atoms with van der Waals surface area (Å²) in [6, 6.07) is 5.21. The van der Waals surface area contributed by atoms with E-state index < -0.39 is 0 Å². The van der Waals surface area contributed by atoms with Crippen molar-refractivity contribution in [2.24, 2.45) is 5.92 Å². The topological polar surface area (TPSA) is 55.8 Å². The second kappa shape index (κ2) is 7.46. The van der Waals surface area contributed by atoms with Crippen LogP contribution in [-0.4, -0.2) is 30.7 Å². The van der Waals surface area contributed by atoms with Gasteiger partial charge in [0.15, 0.2) is 11.5 Å². The molecule has 1 aliphatic rings. The molecule has 2 atom stereocenters. The first-order chi connectivity index (χ1) is 10.1. The second-order valence-electron chi connectivity index (χ2n) is 5.87. The average molecular weight is 292 g/mol. The van der Waals surface area contributed by atoms with Crippen LogP contribution >= 0.6 is 0 Å². The molecule has 0 spiro atoms. The minimum atomic E-state index is 0.0932. The van der Waals surface area contributed by atoms with Crippen molar-refractivity contribution in [2.75, 3.05) is 13.7 Å². The SMILES string of the molecule is COc1cc(CCC(=O)C[C@H]2C[C@@H](C)CCO2)ccc1O. The largest absolute Gasteiger partial charge is 0.504 e. The van der Waals surface area contributed by atoms with Crippen molar-refractivity contribution < 1.29 is 19.4 Å². The first kappa shape index (κ1) is 15.8. The van der Waals surface area contributed by atoms with E-state index >= 15 is 0 Å². The van der Waals surface area contributed by atoms with Gasteiger partial charge in [0.1, 0.15) is 5.78 Å². The van der Waals surface area contributed by atoms with E-state index in [1.165, 1.54) is 7.11 Å². The third-order valence-electron chi connectivity index (χ3n) is 4.02. The zero-order valence-electron chi connectivity index (χ0n) is 12.8. The van der Waals surface area contributed by atoms with Crippen molar-refractivity contribution in [3.05, 3.63) is 23.8 Å². The molecule has 1 saturated heterocycles. The van der Waals surface area contributed by atoms with E-state index in [1.54, 1.807) is 12.1 Å². The number of ketones is 1. The number of phenols is 1. The molecule has 1 aromatic rings. The van der Waals surface area contributed by atoms with Gasteiger partial charge in [-0.2, -0.15) is 0 Å². The maximum atomic E-state index is 12.1. The number of Topliss-reactive ketones (excluding diaryl/α,β-unsaturated/α-hetero) is 1. The molecule has 0 unspecified atom stereocenters. The molecule has 0 aromatic heterocycles. The monoisotopic (exact) mass is 292 g/mol. The van der Waals surface area contributed by atoms with Crippen molar-refractivity contribution in [2.45, 2.75) is 45.1 Å². The summed E-state index contributed by atoms with van der Waals surface area (Å²) in [5.74, 6) is 1.46. The molecule has 1 fully saturated rings. The third kappa shape index (κ3) is 4.74. The van der Waals surface area contributed by atoms with E-state index in [2.05, 4.69) is 6.92 Å². The third-order valence-corrected chi connectivity index (χ3v) is 4.02. The van der Waals surface area contributed by atoms with Crippen molar-refractivity contribution in [1.29, 1.82) is 0 Å². The highest BCUT2D eigenvalue weighted by Crippen LogP contribution is 2.27. The van der Waals surface area contributed by atoms with Crippen LogP contribution in [0.3, 0.4) is 0 Å². The molecule has 1 aromatic carbocycles. The molecule has 4 nitrogen and oxygen atoms in total. The van der Waals surface area contributed by atoms with Gasteiger partial charge in [-0.1, -0.05) is 13.0 Å². The molecule has 1 aliphatic heterocycles. The lowest BCUT2D eigenvalue weighted by Gasteiger charge is -2.26. The lowest BCUT2D eigenvalue weighted by Crippen LogP contribution is -2.26. The van der Waals surface area contributed by atoms with Crippen molar-refractivity contribution in [3.63, 3.8) is 0 Å². The summed E-state index contributed by atoms with van der Waals surface area (Å²) in [7, 11) is 1.52. The number of carbonyl (C=O) groups excluding carboxylic acids is 1. The van der Waals surface area contributed by atoms with Crippen LogP contribution in [0.5, 0.6) is 11.5 Å². The molecule has 0 saturated carbocycles. The van der Waals surface area contributed by atoms with Crippen molar-refractivity contribution in [3.8, 4) is 11.5 Å². The Morgan fingerprint density at radius 2 is 2.29 bits per heavy atom. The summed E-state index contributed by atoms with van der Waals surface area (Å²) in [6.07, 6.45) is 3.85. The number of hydrogen-bond acceptors (Lipinski definition) is 4. The number of aromatic hydroxyl groups is 1. The molecule has 116 valence electrons. The van der Waals surface area contributed by atoms with Gasteiger partial charge in [0, 0.05) is 19.4 Å².